The summed E-state index contributed by atoms with van der Waals surface area (Å²) in [4.78, 5) is 10.3. The number of thiazole rings is 1. The number of aryl methyl sites for hydroxylation is 1. The van der Waals surface area contributed by atoms with Crippen molar-refractivity contribution in [3.05, 3.63) is 82.1 Å². The van der Waals surface area contributed by atoms with Gasteiger partial charge in [0.2, 0.25) is 0 Å². The lowest BCUT2D eigenvalue weighted by atomic mass is 10.0. The first kappa shape index (κ1) is 19.0. The van der Waals surface area contributed by atoms with E-state index in [4.69, 9.17) is 21.3 Å². The fourth-order valence-electron chi connectivity index (χ4n) is 3.57. The fraction of sp³-hybridized carbons (Fsp3) is 0.130. The molecule has 0 aliphatic carbocycles. The largest absolute Gasteiger partial charge is 0.489 e. The number of fused-ring (bicyclic) bond motifs is 1. The molecular weight excluding hydrogens is 421 g/mol. The second-order valence-electron chi connectivity index (χ2n) is 6.99. The summed E-state index contributed by atoms with van der Waals surface area (Å²) in [5.41, 5.74) is 3.95. The number of anilines is 1. The van der Waals surface area contributed by atoms with Gasteiger partial charge in [-0.3, -0.25) is 4.98 Å². The maximum absolute atomic E-state index is 14.3. The standard InChI is InChI=1S/C23H17ClFN3OS/c1-13-22(28-23(30-13)18-7-2-3-10-26-18)14-8-9-17-20(11-14)29-12-19(27-17)21-15(24)5-4-6-16(21)25/h2-11,19,27H,12H2,1H3. The van der Waals surface area contributed by atoms with Crippen LogP contribution in [-0.4, -0.2) is 16.6 Å². The van der Waals surface area contributed by atoms with Gasteiger partial charge in [-0.1, -0.05) is 29.8 Å². The normalized spacial score (nSPS) is 15.2. The third-order valence-electron chi connectivity index (χ3n) is 5.02. The van der Waals surface area contributed by atoms with Crippen molar-refractivity contribution in [2.24, 2.45) is 0 Å². The van der Waals surface area contributed by atoms with Gasteiger partial charge in [0.05, 0.1) is 23.1 Å². The quantitative estimate of drug-likeness (QED) is 0.396. The molecule has 0 fully saturated rings. The van der Waals surface area contributed by atoms with E-state index < -0.39 is 0 Å². The lowest BCUT2D eigenvalue weighted by molar-refractivity contribution is 0.284. The zero-order valence-corrected chi connectivity index (χ0v) is 17.6. The van der Waals surface area contributed by atoms with Crippen molar-refractivity contribution in [1.29, 1.82) is 0 Å². The monoisotopic (exact) mass is 437 g/mol. The third kappa shape index (κ3) is 3.42. The van der Waals surface area contributed by atoms with Crippen molar-refractivity contribution in [2.75, 3.05) is 11.9 Å². The van der Waals surface area contributed by atoms with Crippen LogP contribution in [0, 0.1) is 12.7 Å². The van der Waals surface area contributed by atoms with Crippen molar-refractivity contribution >= 4 is 28.6 Å². The highest BCUT2D eigenvalue weighted by atomic mass is 35.5. The zero-order valence-electron chi connectivity index (χ0n) is 16.0. The van der Waals surface area contributed by atoms with Crippen LogP contribution in [0.15, 0.2) is 60.8 Å². The number of benzene rings is 2. The van der Waals surface area contributed by atoms with Crippen LogP contribution in [-0.2, 0) is 0 Å². The second kappa shape index (κ2) is 7.70. The number of hydrogen-bond donors (Lipinski definition) is 1. The van der Waals surface area contributed by atoms with Gasteiger partial charge in [0.1, 0.15) is 23.2 Å². The van der Waals surface area contributed by atoms with Crippen LogP contribution in [0.3, 0.4) is 0 Å². The number of halogens is 2. The Hall–Kier alpha value is -2.96. The Bertz CT molecular complexity index is 1210. The first-order valence-electron chi connectivity index (χ1n) is 9.46. The highest BCUT2D eigenvalue weighted by Gasteiger charge is 2.25. The van der Waals surface area contributed by atoms with Gasteiger partial charge in [0.15, 0.2) is 0 Å². The Morgan fingerprint density at radius 1 is 1.17 bits per heavy atom. The molecular formula is C23H17ClFN3OS. The fourth-order valence-corrected chi connectivity index (χ4v) is 4.78. The highest BCUT2D eigenvalue weighted by Crippen LogP contribution is 2.40. The summed E-state index contributed by atoms with van der Waals surface area (Å²) in [6.45, 7) is 2.33. The van der Waals surface area contributed by atoms with Crippen LogP contribution >= 0.6 is 22.9 Å². The van der Waals surface area contributed by atoms with E-state index in [1.165, 1.54) is 6.07 Å². The molecule has 2 aromatic heterocycles. The summed E-state index contributed by atoms with van der Waals surface area (Å²) in [6.07, 6.45) is 1.77. The number of aromatic nitrogens is 2. The van der Waals surface area contributed by atoms with Crippen molar-refractivity contribution in [2.45, 2.75) is 13.0 Å². The van der Waals surface area contributed by atoms with E-state index >= 15 is 0 Å². The van der Waals surface area contributed by atoms with Crippen LogP contribution in [0.5, 0.6) is 5.75 Å². The molecule has 5 rings (SSSR count). The van der Waals surface area contributed by atoms with E-state index in [1.807, 2.05) is 43.3 Å². The number of hydrogen-bond acceptors (Lipinski definition) is 5. The van der Waals surface area contributed by atoms with Gasteiger partial charge in [-0.15, -0.1) is 11.3 Å². The van der Waals surface area contributed by atoms with Gasteiger partial charge in [-0.05, 0) is 43.3 Å². The number of rotatable bonds is 3. The molecule has 150 valence electrons. The highest BCUT2D eigenvalue weighted by molar-refractivity contribution is 7.15. The van der Waals surface area contributed by atoms with Gasteiger partial charge in [-0.2, -0.15) is 0 Å². The lowest BCUT2D eigenvalue weighted by Crippen LogP contribution is -2.25. The Kier molecular flexibility index (Phi) is 4.89. The molecule has 0 amide bonds. The van der Waals surface area contributed by atoms with E-state index in [1.54, 1.807) is 29.7 Å². The molecule has 0 saturated heterocycles. The Morgan fingerprint density at radius 3 is 2.87 bits per heavy atom. The molecule has 0 saturated carbocycles. The molecule has 30 heavy (non-hydrogen) atoms. The minimum absolute atomic E-state index is 0.284. The van der Waals surface area contributed by atoms with Gasteiger partial charge < -0.3 is 10.1 Å². The molecule has 1 aliphatic rings. The van der Waals surface area contributed by atoms with Gasteiger partial charge in [0.25, 0.3) is 0 Å². The molecule has 2 aromatic carbocycles. The Labute approximate surface area is 182 Å². The predicted octanol–water partition coefficient (Wildman–Crippen LogP) is 6.52. The minimum atomic E-state index is -0.353. The van der Waals surface area contributed by atoms with Gasteiger partial charge >= 0.3 is 0 Å². The average Bonchev–Trinajstić information content (AvgIpc) is 3.15. The van der Waals surface area contributed by atoms with E-state index in [0.29, 0.717) is 16.3 Å². The zero-order chi connectivity index (χ0) is 20.7. The summed E-state index contributed by atoms with van der Waals surface area (Å²) in [6, 6.07) is 16.0. The molecule has 1 aliphatic heterocycles. The molecule has 7 heteroatoms. The first-order chi connectivity index (χ1) is 14.6. The first-order valence-corrected chi connectivity index (χ1v) is 10.7. The van der Waals surface area contributed by atoms with E-state index in [9.17, 15) is 4.39 Å². The Balaban J connectivity index is 1.45. The lowest BCUT2D eigenvalue weighted by Gasteiger charge is -2.29. The number of nitrogens with zero attached hydrogens (tertiary/aromatic N) is 2. The molecule has 0 bridgehead atoms. The smallest absolute Gasteiger partial charge is 0.143 e. The Morgan fingerprint density at radius 2 is 2.07 bits per heavy atom. The SMILES string of the molecule is Cc1sc(-c2ccccn2)nc1-c1ccc2c(c1)OCC(c1c(F)cccc1Cl)N2. The summed E-state index contributed by atoms with van der Waals surface area (Å²) in [5, 5.41) is 4.61. The number of ether oxygens (including phenoxy) is 1. The van der Waals surface area contributed by atoms with Crippen molar-refractivity contribution in [1.82, 2.24) is 9.97 Å². The maximum atomic E-state index is 14.3. The molecule has 4 aromatic rings. The molecule has 0 spiro atoms. The van der Waals surface area contributed by atoms with Crippen LogP contribution in [0.1, 0.15) is 16.5 Å². The summed E-state index contributed by atoms with van der Waals surface area (Å²) in [7, 11) is 0. The van der Waals surface area contributed by atoms with Crippen LogP contribution in [0.25, 0.3) is 22.0 Å². The molecule has 1 N–H and O–H groups in total. The van der Waals surface area contributed by atoms with E-state index in [-0.39, 0.29) is 18.5 Å². The maximum Gasteiger partial charge on any atom is 0.143 e. The molecule has 0 radical (unpaired) electrons. The van der Waals surface area contributed by atoms with Crippen LogP contribution in [0.4, 0.5) is 10.1 Å². The molecule has 1 unspecified atom stereocenters. The van der Waals surface area contributed by atoms with Crippen LogP contribution < -0.4 is 10.1 Å². The predicted molar refractivity (Wildman–Crippen MR) is 119 cm³/mol. The van der Waals surface area contributed by atoms with Gasteiger partial charge in [0, 0.05) is 27.2 Å². The average molecular weight is 438 g/mol. The summed E-state index contributed by atoms with van der Waals surface area (Å²) < 4.78 is 20.3. The topological polar surface area (TPSA) is 47.0 Å². The van der Waals surface area contributed by atoms with Crippen molar-refractivity contribution in [3.63, 3.8) is 0 Å². The summed E-state index contributed by atoms with van der Waals surface area (Å²) >= 11 is 7.83. The second-order valence-corrected chi connectivity index (χ2v) is 8.60. The van der Waals surface area contributed by atoms with Crippen LogP contribution in [0.2, 0.25) is 5.02 Å². The minimum Gasteiger partial charge on any atom is -0.489 e. The van der Waals surface area contributed by atoms with E-state index in [0.717, 1.165) is 32.5 Å². The van der Waals surface area contributed by atoms with Crippen molar-refractivity contribution in [3.8, 4) is 27.7 Å². The van der Waals surface area contributed by atoms with Crippen molar-refractivity contribution < 1.29 is 9.13 Å². The number of nitrogens with one attached hydrogen (secondary N) is 1. The molecule has 3 heterocycles. The molecule has 1 atom stereocenters. The number of pyridine rings is 1. The van der Waals surface area contributed by atoms with E-state index in [2.05, 4.69) is 10.3 Å². The summed E-state index contributed by atoms with van der Waals surface area (Å²) in [5.74, 6) is 0.367. The third-order valence-corrected chi connectivity index (χ3v) is 6.34. The van der Waals surface area contributed by atoms with Gasteiger partial charge in [-0.25, -0.2) is 9.37 Å². The molecule has 4 nitrogen and oxygen atoms in total.